The summed E-state index contributed by atoms with van der Waals surface area (Å²) in [6.45, 7) is 1.40. The molecule has 2 rings (SSSR count). The Balaban J connectivity index is 1.96. The number of nitrogens with zero attached hydrogens (tertiary/aromatic N) is 1. The van der Waals surface area contributed by atoms with Crippen LogP contribution in [0.25, 0.3) is 0 Å². The van der Waals surface area contributed by atoms with Crippen LogP contribution in [0.1, 0.15) is 11.1 Å². The highest BCUT2D eigenvalue weighted by Crippen LogP contribution is 2.18. The quantitative estimate of drug-likeness (QED) is 0.846. The third-order valence-electron chi connectivity index (χ3n) is 2.94. The Morgan fingerprint density at radius 1 is 1.10 bits per heavy atom. The van der Waals surface area contributed by atoms with Gasteiger partial charge in [0.25, 0.3) is 0 Å². The van der Waals surface area contributed by atoms with Gasteiger partial charge < -0.3 is 14.8 Å². The van der Waals surface area contributed by atoms with Crippen molar-refractivity contribution in [2.24, 2.45) is 0 Å². The SMILES string of the molecule is COCc1cccc(CNc2cccc(OCC#N)c2)c1. The fourth-order valence-electron chi connectivity index (χ4n) is 2.01. The molecule has 0 radical (unpaired) electrons. The van der Waals surface area contributed by atoms with Gasteiger partial charge in [0.1, 0.15) is 11.8 Å². The van der Waals surface area contributed by atoms with E-state index in [4.69, 9.17) is 14.7 Å². The lowest BCUT2D eigenvalue weighted by Gasteiger charge is -2.09. The van der Waals surface area contributed by atoms with Crippen LogP contribution >= 0.6 is 0 Å². The highest BCUT2D eigenvalue weighted by atomic mass is 16.5. The first-order valence-corrected chi connectivity index (χ1v) is 6.72. The number of ether oxygens (including phenoxy) is 2. The summed E-state index contributed by atoms with van der Waals surface area (Å²) in [6.07, 6.45) is 0. The molecule has 2 aromatic carbocycles. The standard InChI is InChI=1S/C17H18N2O2/c1-20-13-15-5-2-4-14(10-15)12-19-16-6-3-7-17(11-16)21-9-8-18/h2-7,10-11,19H,9,12-13H2,1H3. The molecule has 1 N–H and O–H groups in total. The van der Waals surface area contributed by atoms with Crippen LogP contribution in [0.3, 0.4) is 0 Å². The molecular formula is C17H18N2O2. The van der Waals surface area contributed by atoms with Crippen LogP contribution in [-0.2, 0) is 17.9 Å². The molecule has 0 saturated carbocycles. The van der Waals surface area contributed by atoms with Gasteiger partial charge in [-0.25, -0.2) is 0 Å². The van der Waals surface area contributed by atoms with Crippen molar-refractivity contribution >= 4 is 5.69 Å². The van der Waals surface area contributed by atoms with Gasteiger partial charge in [0.2, 0.25) is 0 Å². The number of nitrogens with one attached hydrogen (secondary N) is 1. The zero-order valence-corrected chi connectivity index (χ0v) is 12.0. The van der Waals surface area contributed by atoms with Gasteiger partial charge in [-0.2, -0.15) is 5.26 Å². The summed E-state index contributed by atoms with van der Waals surface area (Å²) in [5.41, 5.74) is 3.30. The summed E-state index contributed by atoms with van der Waals surface area (Å²) in [4.78, 5) is 0. The average molecular weight is 282 g/mol. The van der Waals surface area contributed by atoms with E-state index in [2.05, 4.69) is 17.4 Å². The van der Waals surface area contributed by atoms with E-state index in [0.29, 0.717) is 12.4 Å². The Kier molecular flexibility index (Phi) is 5.62. The van der Waals surface area contributed by atoms with E-state index in [-0.39, 0.29) is 6.61 Å². The summed E-state index contributed by atoms with van der Waals surface area (Å²) >= 11 is 0. The third-order valence-corrected chi connectivity index (χ3v) is 2.94. The van der Waals surface area contributed by atoms with E-state index in [0.717, 1.165) is 17.8 Å². The van der Waals surface area contributed by atoms with E-state index in [1.54, 1.807) is 7.11 Å². The molecule has 0 unspecified atom stereocenters. The van der Waals surface area contributed by atoms with Gasteiger partial charge in [0.05, 0.1) is 6.61 Å². The Labute approximate surface area is 124 Å². The minimum absolute atomic E-state index is 0.0581. The van der Waals surface area contributed by atoms with Crippen molar-refractivity contribution in [1.29, 1.82) is 5.26 Å². The average Bonchev–Trinajstić information content (AvgIpc) is 2.52. The maximum absolute atomic E-state index is 8.52. The molecule has 21 heavy (non-hydrogen) atoms. The van der Waals surface area contributed by atoms with Crippen molar-refractivity contribution in [2.45, 2.75) is 13.2 Å². The molecular weight excluding hydrogens is 264 g/mol. The van der Waals surface area contributed by atoms with Gasteiger partial charge in [0.15, 0.2) is 6.61 Å². The molecule has 0 aliphatic heterocycles. The number of methoxy groups -OCH3 is 1. The summed E-state index contributed by atoms with van der Waals surface area (Å²) in [6, 6.07) is 17.8. The van der Waals surface area contributed by atoms with E-state index in [9.17, 15) is 0 Å². The Morgan fingerprint density at radius 2 is 1.90 bits per heavy atom. The van der Waals surface area contributed by atoms with Gasteiger partial charge in [-0.3, -0.25) is 0 Å². The van der Waals surface area contributed by atoms with E-state index >= 15 is 0 Å². The zero-order chi connectivity index (χ0) is 14.9. The summed E-state index contributed by atoms with van der Waals surface area (Å²) in [5.74, 6) is 0.690. The Morgan fingerprint density at radius 3 is 2.71 bits per heavy atom. The van der Waals surface area contributed by atoms with Crippen LogP contribution < -0.4 is 10.1 Å². The van der Waals surface area contributed by atoms with Gasteiger partial charge in [-0.05, 0) is 23.3 Å². The molecule has 0 bridgehead atoms. The van der Waals surface area contributed by atoms with Gasteiger partial charge >= 0.3 is 0 Å². The number of rotatable bonds is 7. The first-order valence-electron chi connectivity index (χ1n) is 6.72. The Hall–Kier alpha value is -2.51. The van der Waals surface area contributed by atoms with Crippen molar-refractivity contribution < 1.29 is 9.47 Å². The molecule has 4 nitrogen and oxygen atoms in total. The second kappa shape index (κ2) is 7.93. The van der Waals surface area contributed by atoms with Gasteiger partial charge in [-0.15, -0.1) is 0 Å². The minimum atomic E-state index is 0.0581. The van der Waals surface area contributed by atoms with Crippen LogP contribution in [0.2, 0.25) is 0 Å². The smallest absolute Gasteiger partial charge is 0.174 e. The van der Waals surface area contributed by atoms with Crippen molar-refractivity contribution in [2.75, 3.05) is 19.0 Å². The molecule has 0 aliphatic rings. The molecule has 0 aliphatic carbocycles. The molecule has 0 atom stereocenters. The molecule has 4 heteroatoms. The fourth-order valence-corrected chi connectivity index (χ4v) is 2.01. The summed E-state index contributed by atoms with van der Waals surface area (Å²) in [5, 5.41) is 11.9. The summed E-state index contributed by atoms with van der Waals surface area (Å²) in [7, 11) is 1.69. The normalized spacial score (nSPS) is 9.90. The van der Waals surface area contributed by atoms with Crippen molar-refractivity contribution in [3.05, 3.63) is 59.7 Å². The lowest BCUT2D eigenvalue weighted by Crippen LogP contribution is -2.01. The molecule has 0 heterocycles. The maximum Gasteiger partial charge on any atom is 0.174 e. The van der Waals surface area contributed by atoms with E-state index in [1.165, 1.54) is 5.56 Å². The highest BCUT2D eigenvalue weighted by molar-refractivity contribution is 5.48. The molecule has 0 spiro atoms. The lowest BCUT2D eigenvalue weighted by atomic mass is 10.1. The third kappa shape index (κ3) is 4.83. The zero-order valence-electron chi connectivity index (χ0n) is 12.0. The molecule has 0 fully saturated rings. The largest absolute Gasteiger partial charge is 0.479 e. The first kappa shape index (κ1) is 14.9. The lowest BCUT2D eigenvalue weighted by molar-refractivity contribution is 0.185. The molecule has 0 amide bonds. The number of benzene rings is 2. The Bertz CT molecular complexity index is 620. The minimum Gasteiger partial charge on any atom is -0.479 e. The molecule has 108 valence electrons. The van der Waals surface area contributed by atoms with Crippen LogP contribution in [0.15, 0.2) is 48.5 Å². The predicted octanol–water partition coefficient (Wildman–Crippen LogP) is 3.35. The highest BCUT2D eigenvalue weighted by Gasteiger charge is 1.99. The summed E-state index contributed by atoms with van der Waals surface area (Å²) < 4.78 is 10.4. The van der Waals surface area contributed by atoms with E-state index in [1.807, 2.05) is 42.5 Å². The number of hydrogen-bond acceptors (Lipinski definition) is 4. The second-order valence-corrected chi connectivity index (χ2v) is 4.58. The van der Waals surface area contributed by atoms with Crippen LogP contribution in [0, 0.1) is 11.3 Å². The molecule has 0 aromatic heterocycles. The number of nitriles is 1. The first-order chi connectivity index (χ1) is 10.3. The van der Waals surface area contributed by atoms with E-state index < -0.39 is 0 Å². The predicted molar refractivity (Wildman–Crippen MR) is 82.0 cm³/mol. The monoisotopic (exact) mass is 282 g/mol. The van der Waals surface area contributed by atoms with Crippen LogP contribution in [-0.4, -0.2) is 13.7 Å². The van der Waals surface area contributed by atoms with Gasteiger partial charge in [0, 0.05) is 25.4 Å². The van der Waals surface area contributed by atoms with Crippen LogP contribution in [0.5, 0.6) is 5.75 Å². The fraction of sp³-hybridized carbons (Fsp3) is 0.235. The van der Waals surface area contributed by atoms with Crippen molar-refractivity contribution in [3.63, 3.8) is 0 Å². The maximum atomic E-state index is 8.52. The topological polar surface area (TPSA) is 54.3 Å². The number of anilines is 1. The number of hydrogen-bond donors (Lipinski definition) is 1. The van der Waals surface area contributed by atoms with Crippen molar-refractivity contribution in [1.82, 2.24) is 0 Å². The second-order valence-electron chi connectivity index (χ2n) is 4.58. The van der Waals surface area contributed by atoms with Crippen molar-refractivity contribution in [3.8, 4) is 11.8 Å². The molecule has 0 saturated heterocycles. The molecule has 2 aromatic rings. The van der Waals surface area contributed by atoms with Crippen LogP contribution in [0.4, 0.5) is 5.69 Å². The van der Waals surface area contributed by atoms with Gasteiger partial charge in [-0.1, -0.05) is 30.3 Å².